The Labute approximate surface area is 231 Å². The van der Waals surface area contributed by atoms with E-state index in [1.807, 2.05) is 26.8 Å². The number of fused-ring (bicyclic) bond motifs is 1. The smallest absolute Gasteiger partial charge is 0.410 e. The quantitative estimate of drug-likeness (QED) is 0.455. The Morgan fingerprint density at radius 1 is 1.14 bits per heavy atom. The summed E-state index contributed by atoms with van der Waals surface area (Å²) in [6.45, 7) is 9.49. The third kappa shape index (κ3) is 6.17. The van der Waals surface area contributed by atoms with Crippen LogP contribution in [0.15, 0.2) is 10.5 Å². The van der Waals surface area contributed by atoms with Crippen molar-refractivity contribution in [2.45, 2.75) is 64.2 Å². The molecule has 3 aliphatic rings. The fourth-order valence-corrected chi connectivity index (χ4v) is 5.29. The second kappa shape index (κ2) is 10.6. The van der Waals surface area contributed by atoms with Crippen molar-refractivity contribution in [3.8, 4) is 11.8 Å². The molecule has 202 valence electrons. The molecule has 3 fully saturated rings. The average Bonchev–Trinajstić information content (AvgIpc) is 3.58. The third-order valence-corrected chi connectivity index (χ3v) is 8.23. The number of piperazine rings is 1. The molecule has 9 nitrogen and oxygen atoms in total. The summed E-state index contributed by atoms with van der Waals surface area (Å²) in [5, 5.41) is 1.35. The van der Waals surface area contributed by atoms with Crippen molar-refractivity contribution in [3.05, 3.63) is 15.6 Å². The van der Waals surface area contributed by atoms with E-state index in [-0.39, 0.29) is 12.2 Å². The van der Waals surface area contributed by atoms with E-state index < -0.39 is 5.60 Å². The monoisotopic (exact) mass is 595 g/mol. The van der Waals surface area contributed by atoms with Gasteiger partial charge in [-0.15, -0.1) is 0 Å². The van der Waals surface area contributed by atoms with Gasteiger partial charge in [0, 0.05) is 37.6 Å². The highest BCUT2D eigenvalue weighted by Gasteiger charge is 2.31. The Hall–Kier alpha value is -2.04. The lowest BCUT2D eigenvalue weighted by Crippen LogP contribution is -2.50. The first-order valence-electron chi connectivity index (χ1n) is 13.0. The van der Waals surface area contributed by atoms with Crippen molar-refractivity contribution in [2.75, 3.05) is 51.3 Å². The molecule has 0 bridgehead atoms. The van der Waals surface area contributed by atoms with E-state index in [1.165, 1.54) is 6.42 Å². The first kappa shape index (κ1) is 26.6. The molecule has 1 amide bonds. The van der Waals surface area contributed by atoms with Gasteiger partial charge in [-0.05, 0) is 82.0 Å². The summed E-state index contributed by atoms with van der Waals surface area (Å²) in [5.74, 6) is 1.36. The minimum absolute atomic E-state index is 0.172. The van der Waals surface area contributed by atoms with Gasteiger partial charge in [0.15, 0.2) is 5.75 Å². The number of hydrogen-bond acceptors (Lipinski definition) is 8. The zero-order valence-corrected chi connectivity index (χ0v) is 24.3. The van der Waals surface area contributed by atoms with E-state index in [9.17, 15) is 4.79 Å². The molecule has 5 rings (SSSR count). The van der Waals surface area contributed by atoms with E-state index in [2.05, 4.69) is 32.8 Å². The van der Waals surface area contributed by atoms with Crippen LogP contribution in [-0.2, 0) is 4.74 Å². The van der Waals surface area contributed by atoms with Crippen LogP contribution in [-0.4, -0.2) is 90.0 Å². The first-order valence-corrected chi connectivity index (χ1v) is 14.2. The van der Waals surface area contributed by atoms with Crippen molar-refractivity contribution >= 4 is 50.3 Å². The van der Waals surface area contributed by atoms with Crippen molar-refractivity contribution in [3.63, 3.8) is 0 Å². The number of likely N-dealkylation sites (tertiary alicyclic amines) is 1. The van der Waals surface area contributed by atoms with Crippen molar-refractivity contribution in [1.29, 1.82) is 0 Å². The third-order valence-electron chi connectivity index (χ3n) is 6.92. The predicted molar refractivity (Wildman–Crippen MR) is 147 cm³/mol. The summed E-state index contributed by atoms with van der Waals surface area (Å²) < 4.78 is 18.7. The van der Waals surface area contributed by atoms with E-state index in [4.69, 9.17) is 35.8 Å². The van der Waals surface area contributed by atoms with Gasteiger partial charge < -0.3 is 28.9 Å². The zero-order chi connectivity index (χ0) is 26.3. The highest BCUT2D eigenvalue weighted by atomic mass is 79.9. The number of likely N-dealkylation sites (N-methyl/N-ethyl adjacent to an activating group) is 1. The molecular weight excluding hydrogens is 562 g/mol. The van der Waals surface area contributed by atoms with Crippen molar-refractivity contribution in [1.82, 2.24) is 19.8 Å². The van der Waals surface area contributed by atoms with Gasteiger partial charge in [0.05, 0.1) is 15.6 Å². The lowest BCUT2D eigenvalue weighted by atomic mass is 10.2. The minimum Gasteiger partial charge on any atom is -0.487 e. The number of anilines is 1. The van der Waals surface area contributed by atoms with E-state index in [0.717, 1.165) is 37.0 Å². The molecule has 0 radical (unpaired) electrons. The number of amides is 1. The molecular formula is C26H35BrClN5O4. The van der Waals surface area contributed by atoms with Gasteiger partial charge in [-0.3, -0.25) is 0 Å². The highest BCUT2D eigenvalue weighted by molar-refractivity contribution is 9.10. The molecule has 1 saturated carbocycles. The molecule has 2 aromatic rings. The lowest BCUT2D eigenvalue weighted by molar-refractivity contribution is 0.0240. The Kier molecular flexibility index (Phi) is 7.62. The maximum atomic E-state index is 12.6. The van der Waals surface area contributed by atoms with Gasteiger partial charge in [-0.1, -0.05) is 11.6 Å². The lowest BCUT2D eigenvalue weighted by Gasteiger charge is -2.36. The molecule has 1 aromatic heterocycles. The molecule has 2 aliphatic heterocycles. The van der Waals surface area contributed by atoms with Gasteiger partial charge in [0.2, 0.25) is 0 Å². The number of benzene rings is 1. The summed E-state index contributed by atoms with van der Waals surface area (Å²) in [7, 11) is 2.12. The van der Waals surface area contributed by atoms with E-state index in [1.54, 1.807) is 4.90 Å². The van der Waals surface area contributed by atoms with Crippen LogP contribution in [0.1, 0.15) is 46.5 Å². The Morgan fingerprint density at radius 3 is 2.49 bits per heavy atom. The molecule has 0 spiro atoms. The van der Waals surface area contributed by atoms with Gasteiger partial charge in [0.25, 0.3) is 0 Å². The summed E-state index contributed by atoms with van der Waals surface area (Å²) >= 11 is 10.2. The second-order valence-corrected chi connectivity index (χ2v) is 12.3. The molecule has 2 saturated heterocycles. The largest absolute Gasteiger partial charge is 0.487 e. The standard InChI is InChI=1S/C26H35BrClN5O4/c1-26(2,3)37-25(34)33-12-10-32(11-13-33)23-18-14-19(28)20(27)22(36-17-7-8-17)21(18)29-24(30-23)35-15-16-6-5-9-31(16)4/h14,16-17H,5-13,15H2,1-4H3/t16-/m0/s1. The van der Waals surface area contributed by atoms with E-state index >= 15 is 0 Å². The molecule has 37 heavy (non-hydrogen) atoms. The second-order valence-electron chi connectivity index (χ2n) is 11.1. The van der Waals surface area contributed by atoms with E-state index in [0.29, 0.717) is 65.6 Å². The normalized spacial score (nSPS) is 21.0. The Morgan fingerprint density at radius 2 is 1.86 bits per heavy atom. The number of hydrogen-bond donors (Lipinski definition) is 0. The number of rotatable bonds is 6. The number of aromatic nitrogens is 2. The fraction of sp³-hybridized carbons (Fsp3) is 0.654. The predicted octanol–water partition coefficient (Wildman–Crippen LogP) is 5.12. The number of halogens is 2. The first-order chi connectivity index (χ1) is 17.6. The molecule has 11 heteroatoms. The average molecular weight is 597 g/mol. The number of nitrogens with zero attached hydrogens (tertiary/aromatic N) is 5. The van der Waals surface area contributed by atoms with Crippen LogP contribution in [0.5, 0.6) is 11.8 Å². The van der Waals surface area contributed by atoms with Gasteiger partial charge in [-0.25, -0.2) is 4.79 Å². The van der Waals surface area contributed by atoms with Crippen LogP contribution in [0, 0.1) is 0 Å². The van der Waals surface area contributed by atoms with Crippen molar-refractivity contribution < 1.29 is 19.0 Å². The topological polar surface area (TPSA) is 80.3 Å². The number of carbonyl (C=O) groups excluding carboxylic acids is 1. The van der Waals surface area contributed by atoms with Crippen molar-refractivity contribution in [2.24, 2.45) is 0 Å². The highest BCUT2D eigenvalue weighted by Crippen LogP contribution is 2.44. The van der Waals surface area contributed by atoms with Gasteiger partial charge >= 0.3 is 12.1 Å². The molecule has 1 atom stereocenters. The SMILES string of the molecule is CN1CCC[C@H]1COc1nc(N2CCN(C(=O)OC(C)(C)C)CC2)c2cc(Cl)c(Br)c(OC3CC3)c2n1. The maximum absolute atomic E-state index is 12.6. The van der Waals surface area contributed by atoms with Crippen LogP contribution < -0.4 is 14.4 Å². The van der Waals surface area contributed by atoms with Crippen LogP contribution in [0.25, 0.3) is 10.9 Å². The van der Waals surface area contributed by atoms with Gasteiger partial charge in [0.1, 0.15) is 23.5 Å². The fourth-order valence-electron chi connectivity index (χ4n) is 4.70. The Bertz CT molecular complexity index is 1160. The zero-order valence-electron chi connectivity index (χ0n) is 21.9. The molecule has 0 N–H and O–H groups in total. The minimum atomic E-state index is -0.529. The van der Waals surface area contributed by atoms with Crippen LogP contribution in [0.2, 0.25) is 5.02 Å². The molecule has 3 heterocycles. The van der Waals surface area contributed by atoms with Crippen LogP contribution in [0.4, 0.5) is 10.6 Å². The number of ether oxygens (including phenoxy) is 3. The summed E-state index contributed by atoms with van der Waals surface area (Å²) in [5.41, 5.74) is 0.149. The maximum Gasteiger partial charge on any atom is 0.410 e. The summed E-state index contributed by atoms with van der Waals surface area (Å²) in [4.78, 5) is 28.5. The molecule has 1 aromatic carbocycles. The molecule has 0 unspecified atom stereocenters. The summed E-state index contributed by atoms with van der Waals surface area (Å²) in [6.07, 6.45) is 4.17. The summed E-state index contributed by atoms with van der Waals surface area (Å²) in [6, 6.07) is 2.55. The Balaban J connectivity index is 1.45. The van der Waals surface area contributed by atoms with Crippen LogP contribution in [0.3, 0.4) is 0 Å². The number of carbonyl (C=O) groups is 1. The molecule has 1 aliphatic carbocycles. The van der Waals surface area contributed by atoms with Gasteiger partial charge in [-0.2, -0.15) is 9.97 Å². The van der Waals surface area contributed by atoms with Crippen LogP contribution >= 0.6 is 27.5 Å².